The van der Waals surface area contributed by atoms with Crippen LogP contribution in [0.4, 0.5) is 5.69 Å². The molecule has 1 fully saturated rings. The molecule has 19 heavy (non-hydrogen) atoms. The van der Waals surface area contributed by atoms with Crippen molar-refractivity contribution in [1.29, 1.82) is 0 Å². The van der Waals surface area contributed by atoms with Crippen molar-refractivity contribution < 1.29 is 9.90 Å². The minimum absolute atomic E-state index is 0.0561. The summed E-state index contributed by atoms with van der Waals surface area (Å²) in [7, 11) is 0. The Morgan fingerprint density at radius 2 is 2.21 bits per heavy atom. The van der Waals surface area contributed by atoms with Crippen LogP contribution in [0.15, 0.2) is 18.2 Å². The van der Waals surface area contributed by atoms with Crippen molar-refractivity contribution in [1.82, 2.24) is 0 Å². The SMILES string of the molecule is Cc1cc(CO)ccc1N1CC(C(N)=O)CCC1C. The number of piperidine rings is 1. The smallest absolute Gasteiger partial charge is 0.222 e. The van der Waals surface area contributed by atoms with Gasteiger partial charge in [-0.3, -0.25) is 4.79 Å². The topological polar surface area (TPSA) is 66.6 Å². The number of nitrogens with two attached hydrogens (primary N) is 1. The van der Waals surface area contributed by atoms with E-state index in [0.29, 0.717) is 12.6 Å². The molecule has 1 saturated heterocycles. The van der Waals surface area contributed by atoms with E-state index in [1.54, 1.807) is 0 Å². The third kappa shape index (κ3) is 2.89. The van der Waals surface area contributed by atoms with Gasteiger partial charge in [-0.15, -0.1) is 0 Å². The number of rotatable bonds is 3. The lowest BCUT2D eigenvalue weighted by Gasteiger charge is -2.39. The number of aliphatic hydroxyl groups is 1. The fourth-order valence-electron chi connectivity index (χ4n) is 2.81. The number of carbonyl (C=O) groups is 1. The van der Waals surface area contributed by atoms with Gasteiger partial charge in [-0.1, -0.05) is 12.1 Å². The molecule has 104 valence electrons. The predicted molar refractivity (Wildman–Crippen MR) is 75.8 cm³/mol. The molecule has 2 rings (SSSR count). The largest absolute Gasteiger partial charge is 0.392 e. The maximum Gasteiger partial charge on any atom is 0.222 e. The Hall–Kier alpha value is -1.55. The van der Waals surface area contributed by atoms with Gasteiger partial charge in [0.2, 0.25) is 5.91 Å². The molecule has 2 unspecified atom stereocenters. The van der Waals surface area contributed by atoms with Gasteiger partial charge in [0.25, 0.3) is 0 Å². The van der Waals surface area contributed by atoms with Gasteiger partial charge in [0.05, 0.1) is 12.5 Å². The zero-order chi connectivity index (χ0) is 14.0. The first-order valence-corrected chi connectivity index (χ1v) is 6.79. The van der Waals surface area contributed by atoms with Gasteiger partial charge >= 0.3 is 0 Å². The molecule has 2 atom stereocenters. The zero-order valence-corrected chi connectivity index (χ0v) is 11.6. The number of primary amides is 1. The van der Waals surface area contributed by atoms with Crippen LogP contribution in [0, 0.1) is 12.8 Å². The van der Waals surface area contributed by atoms with Crippen LogP contribution in [0.1, 0.15) is 30.9 Å². The number of benzene rings is 1. The quantitative estimate of drug-likeness (QED) is 0.869. The molecule has 0 spiro atoms. The van der Waals surface area contributed by atoms with E-state index in [1.807, 2.05) is 25.1 Å². The molecule has 1 amide bonds. The minimum atomic E-state index is -0.207. The van der Waals surface area contributed by atoms with E-state index in [1.165, 1.54) is 0 Å². The minimum Gasteiger partial charge on any atom is -0.392 e. The lowest BCUT2D eigenvalue weighted by atomic mass is 9.91. The normalized spacial score (nSPS) is 23.4. The molecule has 0 saturated carbocycles. The Labute approximate surface area is 114 Å². The van der Waals surface area contributed by atoms with Crippen LogP contribution in [-0.4, -0.2) is 23.6 Å². The molecule has 0 aliphatic carbocycles. The highest BCUT2D eigenvalue weighted by atomic mass is 16.3. The molecule has 4 nitrogen and oxygen atoms in total. The molecule has 4 heteroatoms. The van der Waals surface area contributed by atoms with E-state index < -0.39 is 0 Å². The van der Waals surface area contributed by atoms with Crippen LogP contribution in [-0.2, 0) is 11.4 Å². The third-order valence-electron chi connectivity index (χ3n) is 4.04. The number of aliphatic hydroxyl groups excluding tert-OH is 1. The molecule has 0 radical (unpaired) electrons. The van der Waals surface area contributed by atoms with Crippen molar-refractivity contribution in [3.05, 3.63) is 29.3 Å². The van der Waals surface area contributed by atoms with E-state index in [-0.39, 0.29) is 18.4 Å². The van der Waals surface area contributed by atoms with Gasteiger partial charge in [0, 0.05) is 18.3 Å². The van der Waals surface area contributed by atoms with Crippen LogP contribution in [0.2, 0.25) is 0 Å². The molecule has 1 aliphatic rings. The Bertz CT molecular complexity index is 473. The molecule has 0 bridgehead atoms. The lowest BCUT2D eigenvalue weighted by molar-refractivity contribution is -0.122. The number of anilines is 1. The molecular formula is C15H22N2O2. The Kier molecular flexibility index (Phi) is 4.10. The van der Waals surface area contributed by atoms with E-state index in [2.05, 4.69) is 11.8 Å². The lowest BCUT2D eigenvalue weighted by Crippen LogP contribution is -2.46. The zero-order valence-electron chi connectivity index (χ0n) is 11.6. The van der Waals surface area contributed by atoms with E-state index in [9.17, 15) is 4.79 Å². The van der Waals surface area contributed by atoms with Crippen molar-refractivity contribution in [2.75, 3.05) is 11.4 Å². The molecule has 3 N–H and O–H groups in total. The maximum atomic E-state index is 11.4. The van der Waals surface area contributed by atoms with Crippen molar-refractivity contribution >= 4 is 11.6 Å². The Morgan fingerprint density at radius 1 is 1.47 bits per heavy atom. The van der Waals surface area contributed by atoms with Gasteiger partial charge in [0.1, 0.15) is 0 Å². The van der Waals surface area contributed by atoms with Gasteiger partial charge < -0.3 is 15.7 Å². The average Bonchev–Trinajstić information content (AvgIpc) is 2.39. The highest BCUT2D eigenvalue weighted by Gasteiger charge is 2.29. The summed E-state index contributed by atoms with van der Waals surface area (Å²) in [6.45, 7) is 4.96. The van der Waals surface area contributed by atoms with Crippen LogP contribution in [0.5, 0.6) is 0 Å². The van der Waals surface area contributed by atoms with Crippen molar-refractivity contribution in [3.63, 3.8) is 0 Å². The van der Waals surface area contributed by atoms with Crippen molar-refractivity contribution in [3.8, 4) is 0 Å². The third-order valence-corrected chi connectivity index (χ3v) is 4.04. The first-order valence-electron chi connectivity index (χ1n) is 6.79. The molecule has 1 aromatic carbocycles. The number of nitrogens with zero attached hydrogens (tertiary/aromatic N) is 1. The predicted octanol–water partition coefficient (Wildman–Crippen LogP) is 1.58. The summed E-state index contributed by atoms with van der Waals surface area (Å²) in [6.07, 6.45) is 1.86. The van der Waals surface area contributed by atoms with Crippen LogP contribution >= 0.6 is 0 Å². The summed E-state index contributed by atoms with van der Waals surface area (Å²) in [5, 5.41) is 9.16. The first kappa shape index (κ1) is 13.9. The fraction of sp³-hybridized carbons (Fsp3) is 0.533. The van der Waals surface area contributed by atoms with E-state index in [0.717, 1.165) is 29.7 Å². The number of amides is 1. The highest BCUT2D eigenvalue weighted by Crippen LogP contribution is 2.30. The van der Waals surface area contributed by atoms with Crippen LogP contribution in [0.25, 0.3) is 0 Å². The summed E-state index contributed by atoms with van der Waals surface area (Å²) in [5.41, 5.74) is 8.62. The van der Waals surface area contributed by atoms with Crippen LogP contribution in [0.3, 0.4) is 0 Å². The van der Waals surface area contributed by atoms with Gasteiger partial charge in [0.15, 0.2) is 0 Å². The summed E-state index contributed by atoms with van der Waals surface area (Å²) < 4.78 is 0. The second-order valence-corrected chi connectivity index (χ2v) is 5.46. The van der Waals surface area contributed by atoms with Crippen LogP contribution < -0.4 is 10.6 Å². The summed E-state index contributed by atoms with van der Waals surface area (Å²) in [5.74, 6) is -0.269. The van der Waals surface area contributed by atoms with Crippen molar-refractivity contribution in [2.24, 2.45) is 11.7 Å². The number of aryl methyl sites for hydroxylation is 1. The van der Waals surface area contributed by atoms with Gasteiger partial charge in [-0.2, -0.15) is 0 Å². The Morgan fingerprint density at radius 3 is 2.79 bits per heavy atom. The monoisotopic (exact) mass is 262 g/mol. The summed E-state index contributed by atoms with van der Waals surface area (Å²) in [6, 6.07) is 6.37. The molecule has 1 aliphatic heterocycles. The fourth-order valence-corrected chi connectivity index (χ4v) is 2.81. The molecular weight excluding hydrogens is 240 g/mol. The van der Waals surface area contributed by atoms with Gasteiger partial charge in [-0.05, 0) is 43.9 Å². The van der Waals surface area contributed by atoms with E-state index >= 15 is 0 Å². The number of carbonyl (C=O) groups excluding carboxylic acids is 1. The molecule has 0 aromatic heterocycles. The van der Waals surface area contributed by atoms with E-state index in [4.69, 9.17) is 10.8 Å². The maximum absolute atomic E-state index is 11.4. The number of hydrogen-bond acceptors (Lipinski definition) is 3. The van der Waals surface area contributed by atoms with Gasteiger partial charge in [-0.25, -0.2) is 0 Å². The second kappa shape index (κ2) is 5.61. The summed E-state index contributed by atoms with van der Waals surface area (Å²) >= 11 is 0. The number of hydrogen-bond donors (Lipinski definition) is 2. The highest BCUT2D eigenvalue weighted by molar-refractivity contribution is 5.77. The molecule has 1 heterocycles. The summed E-state index contributed by atoms with van der Waals surface area (Å²) in [4.78, 5) is 13.6. The first-order chi connectivity index (χ1) is 9.02. The molecule has 1 aromatic rings. The second-order valence-electron chi connectivity index (χ2n) is 5.46. The average molecular weight is 262 g/mol. The Balaban J connectivity index is 2.25. The standard InChI is InChI=1S/C15H22N2O2/c1-10-7-12(9-18)4-6-14(10)17-8-13(15(16)19)5-3-11(17)2/h4,6-7,11,13,18H,3,5,8-9H2,1-2H3,(H2,16,19). The van der Waals surface area contributed by atoms with Crippen molar-refractivity contribution in [2.45, 2.75) is 39.3 Å².